The van der Waals surface area contributed by atoms with Gasteiger partial charge < -0.3 is 19.5 Å². The Balaban J connectivity index is 2.17. The first-order valence-corrected chi connectivity index (χ1v) is 8.12. The second kappa shape index (κ2) is 7.25. The molecule has 0 saturated carbocycles. The van der Waals surface area contributed by atoms with Crippen LogP contribution in [0.1, 0.15) is 21.6 Å². The molecule has 3 aromatic rings. The molecule has 7 heteroatoms. The maximum absolute atomic E-state index is 13.0. The van der Waals surface area contributed by atoms with E-state index in [0.29, 0.717) is 28.5 Å². The fourth-order valence-corrected chi connectivity index (χ4v) is 3.01. The molecule has 0 unspecified atom stereocenters. The molecule has 0 radical (unpaired) electrons. The number of aromatic nitrogens is 1. The first-order chi connectivity index (χ1) is 12.6. The van der Waals surface area contributed by atoms with Crippen molar-refractivity contribution in [3.05, 3.63) is 64.1 Å². The summed E-state index contributed by atoms with van der Waals surface area (Å²) in [6.07, 6.45) is 1.48. The average molecular weight is 365 g/mol. The summed E-state index contributed by atoms with van der Waals surface area (Å²) in [6.45, 7) is 1.72. The second-order valence-corrected chi connectivity index (χ2v) is 5.86. The number of carbonyl (C=O) groups is 1. The van der Waals surface area contributed by atoms with Gasteiger partial charge in [0.1, 0.15) is 22.2 Å². The van der Waals surface area contributed by atoms with Crippen molar-refractivity contribution in [2.24, 2.45) is 0 Å². The number of rotatable bonds is 4. The van der Waals surface area contributed by atoms with Crippen molar-refractivity contribution in [3.8, 4) is 23.1 Å². The topological polar surface area (TPSA) is 91.0 Å². The number of anilines is 1. The van der Waals surface area contributed by atoms with Gasteiger partial charge in [-0.3, -0.25) is 4.79 Å². The summed E-state index contributed by atoms with van der Waals surface area (Å²) in [5.74, 6) is 0.526. The summed E-state index contributed by atoms with van der Waals surface area (Å²) < 4.78 is 11.0. The normalized spacial score (nSPS) is 10.2. The summed E-state index contributed by atoms with van der Waals surface area (Å²) in [5.41, 5.74) is 1.89. The fraction of sp³-hybridized carbons (Fsp3) is 0.105. The van der Waals surface area contributed by atoms with Gasteiger partial charge in [0.05, 0.1) is 35.8 Å². The van der Waals surface area contributed by atoms with Crippen molar-refractivity contribution >= 4 is 23.8 Å². The SMILES string of the molecule is COc1ccccc1NC(=O)c1c(C)[nH]c(=S)c(C#N)c1-c1ccco1. The molecule has 1 aromatic carbocycles. The highest BCUT2D eigenvalue weighted by Crippen LogP contribution is 2.32. The zero-order valence-corrected chi connectivity index (χ0v) is 14.9. The third-order valence-corrected chi connectivity index (χ3v) is 4.17. The highest BCUT2D eigenvalue weighted by molar-refractivity contribution is 7.71. The molecular formula is C19H15N3O3S. The Morgan fingerprint density at radius 2 is 2.08 bits per heavy atom. The lowest BCUT2D eigenvalue weighted by molar-refractivity contribution is 0.102. The van der Waals surface area contributed by atoms with Gasteiger partial charge in [0.2, 0.25) is 0 Å². The van der Waals surface area contributed by atoms with E-state index in [1.165, 1.54) is 13.4 Å². The number of H-pyrrole nitrogens is 1. The van der Waals surface area contributed by atoms with Gasteiger partial charge in [0, 0.05) is 5.69 Å². The highest BCUT2D eigenvalue weighted by Gasteiger charge is 2.23. The number of hydrogen-bond donors (Lipinski definition) is 2. The maximum Gasteiger partial charge on any atom is 0.258 e. The minimum Gasteiger partial charge on any atom is -0.495 e. The van der Waals surface area contributed by atoms with E-state index < -0.39 is 5.91 Å². The third kappa shape index (κ3) is 3.10. The van der Waals surface area contributed by atoms with Crippen molar-refractivity contribution in [2.45, 2.75) is 6.92 Å². The van der Waals surface area contributed by atoms with Crippen molar-refractivity contribution in [1.82, 2.24) is 4.98 Å². The predicted octanol–water partition coefficient (Wildman–Crippen LogP) is 4.45. The van der Waals surface area contributed by atoms with E-state index in [0.717, 1.165) is 0 Å². The van der Waals surface area contributed by atoms with Crippen LogP contribution in [0.25, 0.3) is 11.3 Å². The summed E-state index contributed by atoms with van der Waals surface area (Å²) in [7, 11) is 1.53. The van der Waals surface area contributed by atoms with E-state index in [2.05, 4.69) is 16.4 Å². The molecule has 0 aliphatic rings. The van der Waals surface area contributed by atoms with Gasteiger partial charge in [0.25, 0.3) is 5.91 Å². The number of aromatic amines is 1. The van der Waals surface area contributed by atoms with Crippen LogP contribution in [-0.2, 0) is 0 Å². The first-order valence-electron chi connectivity index (χ1n) is 7.72. The van der Waals surface area contributed by atoms with E-state index in [9.17, 15) is 10.1 Å². The number of ether oxygens (including phenoxy) is 1. The highest BCUT2D eigenvalue weighted by atomic mass is 32.1. The smallest absolute Gasteiger partial charge is 0.258 e. The lowest BCUT2D eigenvalue weighted by Gasteiger charge is -2.15. The molecule has 0 aliphatic heterocycles. The molecule has 0 aliphatic carbocycles. The van der Waals surface area contributed by atoms with Crippen LogP contribution in [0.3, 0.4) is 0 Å². The minimum absolute atomic E-state index is 0.186. The summed E-state index contributed by atoms with van der Waals surface area (Å²) in [5, 5.41) is 12.4. The van der Waals surface area contributed by atoms with Crippen LogP contribution in [0, 0.1) is 22.9 Å². The number of nitrogens with zero attached hydrogens (tertiary/aromatic N) is 1. The van der Waals surface area contributed by atoms with E-state index in [1.54, 1.807) is 37.3 Å². The number of nitriles is 1. The van der Waals surface area contributed by atoms with Gasteiger partial charge >= 0.3 is 0 Å². The van der Waals surface area contributed by atoms with Crippen LogP contribution < -0.4 is 10.1 Å². The summed E-state index contributed by atoms with van der Waals surface area (Å²) in [4.78, 5) is 15.9. The maximum atomic E-state index is 13.0. The number of furan rings is 1. The van der Waals surface area contributed by atoms with Gasteiger partial charge in [-0.15, -0.1) is 0 Å². The largest absolute Gasteiger partial charge is 0.495 e. The zero-order chi connectivity index (χ0) is 18.7. The van der Waals surface area contributed by atoms with Crippen LogP contribution in [0.5, 0.6) is 5.75 Å². The third-order valence-electron chi connectivity index (χ3n) is 3.86. The molecule has 2 aromatic heterocycles. The van der Waals surface area contributed by atoms with Crippen LogP contribution >= 0.6 is 12.2 Å². The number of pyridine rings is 1. The molecule has 6 nitrogen and oxygen atoms in total. The Kier molecular flexibility index (Phi) is 4.87. The van der Waals surface area contributed by atoms with Gasteiger partial charge in [-0.05, 0) is 31.2 Å². The van der Waals surface area contributed by atoms with Gasteiger partial charge in [0.15, 0.2) is 0 Å². The van der Waals surface area contributed by atoms with Crippen molar-refractivity contribution in [1.29, 1.82) is 5.26 Å². The lowest BCUT2D eigenvalue weighted by atomic mass is 9.99. The molecule has 3 rings (SSSR count). The Hall–Kier alpha value is -3.37. The number of aryl methyl sites for hydroxylation is 1. The van der Waals surface area contributed by atoms with Crippen LogP contribution in [0.4, 0.5) is 5.69 Å². The molecule has 0 spiro atoms. The van der Waals surface area contributed by atoms with Gasteiger partial charge in [-0.2, -0.15) is 5.26 Å². The summed E-state index contributed by atoms with van der Waals surface area (Å²) >= 11 is 5.24. The fourth-order valence-electron chi connectivity index (χ4n) is 2.71. The number of para-hydroxylation sites is 2. The molecule has 0 atom stereocenters. The number of amides is 1. The number of nitrogens with one attached hydrogen (secondary N) is 2. The summed E-state index contributed by atoms with van der Waals surface area (Å²) in [6, 6.07) is 12.5. The minimum atomic E-state index is -0.402. The zero-order valence-electron chi connectivity index (χ0n) is 14.1. The van der Waals surface area contributed by atoms with E-state index in [-0.39, 0.29) is 15.8 Å². The quantitative estimate of drug-likeness (QED) is 0.667. The van der Waals surface area contributed by atoms with Crippen LogP contribution in [0.15, 0.2) is 47.1 Å². The van der Waals surface area contributed by atoms with Gasteiger partial charge in [-0.25, -0.2) is 0 Å². The molecular weight excluding hydrogens is 350 g/mol. The van der Waals surface area contributed by atoms with Crippen molar-refractivity contribution in [3.63, 3.8) is 0 Å². The molecule has 0 fully saturated rings. The molecule has 0 bridgehead atoms. The van der Waals surface area contributed by atoms with Gasteiger partial charge in [-0.1, -0.05) is 24.4 Å². The Morgan fingerprint density at radius 3 is 2.73 bits per heavy atom. The monoisotopic (exact) mass is 365 g/mol. The molecule has 26 heavy (non-hydrogen) atoms. The molecule has 1 amide bonds. The Morgan fingerprint density at radius 1 is 1.31 bits per heavy atom. The number of carbonyl (C=O) groups excluding carboxylic acids is 1. The van der Waals surface area contributed by atoms with Crippen molar-refractivity contribution in [2.75, 3.05) is 12.4 Å². The van der Waals surface area contributed by atoms with Crippen molar-refractivity contribution < 1.29 is 13.9 Å². The van der Waals surface area contributed by atoms with E-state index in [4.69, 9.17) is 21.4 Å². The van der Waals surface area contributed by atoms with E-state index in [1.807, 2.05) is 6.07 Å². The number of benzene rings is 1. The number of hydrogen-bond acceptors (Lipinski definition) is 5. The molecule has 2 N–H and O–H groups in total. The second-order valence-electron chi connectivity index (χ2n) is 5.45. The number of methoxy groups -OCH3 is 1. The Bertz CT molecular complexity index is 1060. The van der Waals surface area contributed by atoms with Crippen LogP contribution in [0.2, 0.25) is 0 Å². The van der Waals surface area contributed by atoms with E-state index >= 15 is 0 Å². The molecule has 2 heterocycles. The lowest BCUT2D eigenvalue weighted by Crippen LogP contribution is -2.17. The Labute approximate surface area is 155 Å². The molecule has 0 saturated heterocycles. The first kappa shape index (κ1) is 17.5. The molecule has 130 valence electrons. The average Bonchev–Trinajstić information content (AvgIpc) is 3.15. The predicted molar refractivity (Wildman–Crippen MR) is 99.7 cm³/mol. The van der Waals surface area contributed by atoms with Crippen LogP contribution in [-0.4, -0.2) is 18.0 Å². The standard InChI is InChI=1S/C19H15N3O3S/c1-11-16(18(23)22-13-6-3-4-7-14(13)24-2)17(15-8-5-9-25-15)12(10-20)19(26)21-11/h3-9H,1-2H3,(H,21,26)(H,22,23).